The lowest BCUT2D eigenvalue weighted by Gasteiger charge is -2.04. The van der Waals surface area contributed by atoms with Crippen LogP contribution in [0.25, 0.3) is 0 Å². The zero-order valence-electron chi connectivity index (χ0n) is 12.9. The minimum atomic E-state index is 0.0298. The standard InChI is InChI=1S/C17H30N2O/c1-2-3-4-5-6-7-8-9-10-11-13-19-17(20)16-12-14-18-15-16/h12,14-15,18H,2-11,13H2,1H3,(H,19,20). The molecule has 1 aromatic heterocycles. The van der Waals surface area contributed by atoms with Crippen LogP contribution in [0.3, 0.4) is 0 Å². The number of amides is 1. The molecule has 3 heteroatoms. The van der Waals surface area contributed by atoms with E-state index >= 15 is 0 Å². The van der Waals surface area contributed by atoms with Crippen LogP contribution in [0.5, 0.6) is 0 Å². The molecule has 1 amide bonds. The Morgan fingerprint density at radius 3 is 2.15 bits per heavy atom. The maximum absolute atomic E-state index is 11.6. The summed E-state index contributed by atoms with van der Waals surface area (Å²) in [5, 5.41) is 2.95. The maximum atomic E-state index is 11.6. The first kappa shape index (κ1) is 16.8. The molecule has 1 aromatic rings. The third kappa shape index (κ3) is 8.03. The monoisotopic (exact) mass is 278 g/mol. The third-order valence-electron chi connectivity index (χ3n) is 3.68. The highest BCUT2D eigenvalue weighted by atomic mass is 16.1. The van der Waals surface area contributed by atoms with Crippen LogP contribution in [0, 0.1) is 0 Å². The molecular weight excluding hydrogens is 248 g/mol. The number of H-pyrrole nitrogens is 1. The number of hydrogen-bond acceptors (Lipinski definition) is 1. The number of carbonyl (C=O) groups is 1. The van der Waals surface area contributed by atoms with Crippen molar-refractivity contribution in [2.45, 2.75) is 71.1 Å². The minimum Gasteiger partial charge on any atom is -0.367 e. The summed E-state index contributed by atoms with van der Waals surface area (Å²) in [4.78, 5) is 14.5. The second kappa shape index (κ2) is 11.6. The largest absolute Gasteiger partial charge is 0.367 e. The fraction of sp³-hybridized carbons (Fsp3) is 0.706. The van der Waals surface area contributed by atoms with Crippen LogP contribution >= 0.6 is 0 Å². The molecule has 0 aliphatic carbocycles. The molecule has 0 aromatic carbocycles. The third-order valence-corrected chi connectivity index (χ3v) is 3.68. The van der Waals surface area contributed by atoms with Crippen molar-refractivity contribution in [1.82, 2.24) is 10.3 Å². The lowest BCUT2D eigenvalue weighted by atomic mass is 10.1. The normalized spacial score (nSPS) is 10.7. The number of hydrogen-bond donors (Lipinski definition) is 2. The van der Waals surface area contributed by atoms with E-state index in [2.05, 4.69) is 17.2 Å². The fourth-order valence-corrected chi connectivity index (χ4v) is 2.38. The Morgan fingerprint density at radius 2 is 1.60 bits per heavy atom. The molecule has 0 saturated heterocycles. The van der Waals surface area contributed by atoms with E-state index in [1.54, 1.807) is 18.5 Å². The molecule has 0 saturated carbocycles. The zero-order valence-corrected chi connectivity index (χ0v) is 12.9. The van der Waals surface area contributed by atoms with Crippen molar-refractivity contribution < 1.29 is 4.79 Å². The highest BCUT2D eigenvalue weighted by Crippen LogP contribution is 2.10. The average Bonchev–Trinajstić information content (AvgIpc) is 2.99. The van der Waals surface area contributed by atoms with Crippen molar-refractivity contribution >= 4 is 5.91 Å². The van der Waals surface area contributed by atoms with E-state index in [1.807, 2.05) is 0 Å². The molecule has 20 heavy (non-hydrogen) atoms. The maximum Gasteiger partial charge on any atom is 0.252 e. The Balaban J connectivity index is 1.82. The second-order valence-corrected chi connectivity index (χ2v) is 5.54. The van der Waals surface area contributed by atoms with Crippen molar-refractivity contribution in [2.24, 2.45) is 0 Å². The molecule has 0 radical (unpaired) electrons. The van der Waals surface area contributed by atoms with Gasteiger partial charge in [0.2, 0.25) is 0 Å². The van der Waals surface area contributed by atoms with E-state index < -0.39 is 0 Å². The SMILES string of the molecule is CCCCCCCCCCCCNC(=O)c1cc[nH]c1. The summed E-state index contributed by atoms with van der Waals surface area (Å²) in [7, 11) is 0. The van der Waals surface area contributed by atoms with Crippen LogP contribution in [0.2, 0.25) is 0 Å². The van der Waals surface area contributed by atoms with Gasteiger partial charge in [-0.25, -0.2) is 0 Å². The lowest BCUT2D eigenvalue weighted by Crippen LogP contribution is -2.23. The molecule has 2 N–H and O–H groups in total. The van der Waals surface area contributed by atoms with Gasteiger partial charge in [-0.3, -0.25) is 4.79 Å². The van der Waals surface area contributed by atoms with E-state index in [9.17, 15) is 4.79 Å². The summed E-state index contributed by atoms with van der Waals surface area (Å²) in [6, 6.07) is 1.80. The topological polar surface area (TPSA) is 44.9 Å². The van der Waals surface area contributed by atoms with Gasteiger partial charge in [0.15, 0.2) is 0 Å². The highest BCUT2D eigenvalue weighted by Gasteiger charge is 2.03. The van der Waals surface area contributed by atoms with Crippen LogP contribution < -0.4 is 5.32 Å². The van der Waals surface area contributed by atoms with Gasteiger partial charge in [-0.15, -0.1) is 0 Å². The number of rotatable bonds is 12. The zero-order chi connectivity index (χ0) is 14.5. The second-order valence-electron chi connectivity index (χ2n) is 5.54. The molecule has 3 nitrogen and oxygen atoms in total. The van der Waals surface area contributed by atoms with E-state index in [0.29, 0.717) is 0 Å². The first-order chi connectivity index (χ1) is 9.84. The number of nitrogens with one attached hydrogen (secondary N) is 2. The molecule has 0 unspecified atom stereocenters. The van der Waals surface area contributed by atoms with Crippen molar-refractivity contribution in [2.75, 3.05) is 6.54 Å². The van der Waals surface area contributed by atoms with Crippen LogP contribution in [-0.2, 0) is 0 Å². The summed E-state index contributed by atoms with van der Waals surface area (Å²) in [6.07, 6.45) is 16.8. The summed E-state index contributed by atoms with van der Waals surface area (Å²) >= 11 is 0. The van der Waals surface area contributed by atoms with Crippen molar-refractivity contribution in [3.8, 4) is 0 Å². The Bertz CT molecular complexity index is 333. The Kier molecular flexibility index (Phi) is 9.72. The van der Waals surface area contributed by atoms with Gasteiger partial charge in [-0.1, -0.05) is 64.7 Å². The van der Waals surface area contributed by atoms with E-state index in [4.69, 9.17) is 0 Å². The first-order valence-corrected chi connectivity index (χ1v) is 8.25. The summed E-state index contributed by atoms with van der Waals surface area (Å²) in [6.45, 7) is 3.05. The lowest BCUT2D eigenvalue weighted by molar-refractivity contribution is 0.0953. The van der Waals surface area contributed by atoms with Crippen LogP contribution in [0.4, 0.5) is 0 Å². The first-order valence-electron chi connectivity index (χ1n) is 8.25. The molecule has 0 spiro atoms. The number of aromatic nitrogens is 1. The van der Waals surface area contributed by atoms with E-state index in [-0.39, 0.29) is 5.91 Å². The Hall–Kier alpha value is -1.25. The molecule has 0 aliphatic rings. The summed E-state index contributed by atoms with van der Waals surface area (Å²) in [5.41, 5.74) is 0.720. The Labute approximate surface area is 123 Å². The van der Waals surface area contributed by atoms with Crippen LogP contribution in [0.1, 0.15) is 81.5 Å². The Morgan fingerprint density at radius 1 is 1.00 bits per heavy atom. The predicted octanol–water partition coefficient (Wildman–Crippen LogP) is 4.67. The van der Waals surface area contributed by atoms with Gasteiger partial charge in [0.25, 0.3) is 5.91 Å². The molecule has 0 fully saturated rings. The molecule has 1 rings (SSSR count). The summed E-state index contributed by atoms with van der Waals surface area (Å²) < 4.78 is 0. The molecule has 0 bridgehead atoms. The molecule has 114 valence electrons. The number of unbranched alkanes of at least 4 members (excludes halogenated alkanes) is 9. The molecular formula is C17H30N2O. The van der Waals surface area contributed by atoms with Crippen molar-refractivity contribution in [1.29, 1.82) is 0 Å². The highest BCUT2D eigenvalue weighted by molar-refractivity contribution is 5.93. The van der Waals surface area contributed by atoms with Gasteiger partial charge in [0, 0.05) is 18.9 Å². The molecule has 0 atom stereocenters. The number of aromatic amines is 1. The van der Waals surface area contributed by atoms with Crippen LogP contribution in [0.15, 0.2) is 18.5 Å². The van der Waals surface area contributed by atoms with E-state index in [0.717, 1.165) is 18.5 Å². The quantitative estimate of drug-likeness (QED) is 0.536. The average molecular weight is 278 g/mol. The predicted molar refractivity (Wildman–Crippen MR) is 85.0 cm³/mol. The number of carbonyl (C=O) groups excluding carboxylic acids is 1. The van der Waals surface area contributed by atoms with Gasteiger partial charge in [0.05, 0.1) is 5.56 Å². The van der Waals surface area contributed by atoms with Crippen LogP contribution in [-0.4, -0.2) is 17.4 Å². The smallest absolute Gasteiger partial charge is 0.252 e. The molecule has 1 heterocycles. The van der Waals surface area contributed by atoms with Gasteiger partial charge in [-0.05, 0) is 12.5 Å². The van der Waals surface area contributed by atoms with Crippen molar-refractivity contribution in [3.63, 3.8) is 0 Å². The van der Waals surface area contributed by atoms with Gasteiger partial charge in [0.1, 0.15) is 0 Å². The molecule has 0 aliphatic heterocycles. The summed E-state index contributed by atoms with van der Waals surface area (Å²) in [5.74, 6) is 0.0298. The van der Waals surface area contributed by atoms with Gasteiger partial charge < -0.3 is 10.3 Å². The fourth-order valence-electron chi connectivity index (χ4n) is 2.38. The van der Waals surface area contributed by atoms with Crippen molar-refractivity contribution in [3.05, 3.63) is 24.0 Å². The van der Waals surface area contributed by atoms with E-state index in [1.165, 1.54) is 57.8 Å². The van der Waals surface area contributed by atoms with Gasteiger partial charge >= 0.3 is 0 Å². The van der Waals surface area contributed by atoms with Gasteiger partial charge in [-0.2, -0.15) is 0 Å². The minimum absolute atomic E-state index is 0.0298.